The van der Waals surface area contributed by atoms with Gasteiger partial charge >= 0.3 is 0 Å². The fraction of sp³-hybridized carbons (Fsp3) is 0.538. The van der Waals surface area contributed by atoms with E-state index >= 15 is 0 Å². The maximum Gasteiger partial charge on any atom is 0.131 e. The lowest BCUT2D eigenvalue weighted by molar-refractivity contribution is 0.117. The monoisotopic (exact) mass is 221 g/mol. The lowest BCUT2D eigenvalue weighted by Gasteiger charge is -2.19. The van der Waals surface area contributed by atoms with E-state index in [1.165, 1.54) is 0 Å². The molecule has 1 aliphatic carbocycles. The molecule has 0 saturated heterocycles. The second-order valence-corrected chi connectivity index (χ2v) is 4.80. The van der Waals surface area contributed by atoms with Crippen LogP contribution in [-0.2, 0) is 0 Å². The van der Waals surface area contributed by atoms with E-state index in [9.17, 15) is 10.2 Å². The van der Waals surface area contributed by atoms with E-state index in [0.29, 0.717) is 6.54 Å². The summed E-state index contributed by atoms with van der Waals surface area (Å²) < 4.78 is 0. The average Bonchev–Trinajstić information content (AvgIpc) is 3.07. The molecule has 0 aromatic heterocycles. The van der Waals surface area contributed by atoms with E-state index in [0.717, 1.165) is 24.0 Å². The van der Waals surface area contributed by atoms with Crippen molar-refractivity contribution in [1.82, 2.24) is 5.32 Å². The fourth-order valence-corrected chi connectivity index (χ4v) is 1.88. The predicted molar refractivity (Wildman–Crippen MR) is 62.9 cm³/mol. The van der Waals surface area contributed by atoms with Gasteiger partial charge in [0.2, 0.25) is 0 Å². The molecule has 1 aromatic rings. The quantitative estimate of drug-likeness (QED) is 0.658. The molecule has 0 spiro atoms. The van der Waals surface area contributed by atoms with Gasteiger partial charge in [-0.05, 0) is 30.9 Å². The fourth-order valence-electron chi connectivity index (χ4n) is 1.88. The number of hydrogen-bond donors (Lipinski definition) is 3. The lowest BCUT2D eigenvalue weighted by atomic mass is 10.1. The van der Waals surface area contributed by atoms with E-state index in [1.54, 1.807) is 0 Å². The summed E-state index contributed by atoms with van der Waals surface area (Å²) in [5, 5.41) is 22.3. The molecule has 2 rings (SSSR count). The molecule has 0 amide bonds. The van der Waals surface area contributed by atoms with Gasteiger partial charge in [0, 0.05) is 18.6 Å². The van der Waals surface area contributed by atoms with Crippen molar-refractivity contribution >= 4 is 0 Å². The third-order valence-electron chi connectivity index (χ3n) is 3.45. The number of nitrogens with one attached hydrogen (secondary N) is 1. The summed E-state index contributed by atoms with van der Waals surface area (Å²) in [5.41, 5.74) is 2.02. The van der Waals surface area contributed by atoms with Crippen molar-refractivity contribution in [2.24, 2.45) is 5.41 Å². The van der Waals surface area contributed by atoms with Gasteiger partial charge in [0.25, 0.3) is 0 Å². The van der Waals surface area contributed by atoms with Gasteiger partial charge in [-0.2, -0.15) is 0 Å². The average molecular weight is 221 g/mol. The van der Waals surface area contributed by atoms with Crippen molar-refractivity contribution in [3.05, 3.63) is 35.4 Å². The maximum absolute atomic E-state index is 10.00. The Morgan fingerprint density at radius 3 is 2.62 bits per heavy atom. The summed E-state index contributed by atoms with van der Waals surface area (Å²) in [5.74, 6) is 0. The molecule has 1 saturated carbocycles. The van der Waals surface area contributed by atoms with Gasteiger partial charge in [-0.3, -0.25) is 5.32 Å². The zero-order chi connectivity index (χ0) is 11.6. The second kappa shape index (κ2) is 4.53. The number of aliphatic hydroxyl groups excluding tert-OH is 2. The van der Waals surface area contributed by atoms with E-state index < -0.39 is 6.23 Å². The van der Waals surface area contributed by atoms with Gasteiger partial charge in [0.1, 0.15) is 6.23 Å². The summed E-state index contributed by atoms with van der Waals surface area (Å²) >= 11 is 0. The molecule has 0 heterocycles. The molecule has 88 valence electrons. The highest BCUT2D eigenvalue weighted by molar-refractivity contribution is 5.27. The molecule has 0 radical (unpaired) electrons. The van der Waals surface area contributed by atoms with Crippen molar-refractivity contribution < 1.29 is 10.2 Å². The Morgan fingerprint density at radius 2 is 2.06 bits per heavy atom. The zero-order valence-electron chi connectivity index (χ0n) is 9.61. The first kappa shape index (κ1) is 11.6. The van der Waals surface area contributed by atoms with Crippen LogP contribution in [-0.4, -0.2) is 23.4 Å². The van der Waals surface area contributed by atoms with Crippen LogP contribution in [0.25, 0.3) is 0 Å². The van der Waals surface area contributed by atoms with E-state index in [2.05, 4.69) is 5.32 Å². The Labute approximate surface area is 96.1 Å². The second-order valence-electron chi connectivity index (χ2n) is 4.80. The Balaban J connectivity index is 1.93. The minimum Gasteiger partial charge on any atom is -0.396 e. The molecule has 1 unspecified atom stereocenters. The van der Waals surface area contributed by atoms with Crippen LogP contribution in [0.15, 0.2) is 24.3 Å². The standard InChI is InChI=1S/C13H19NO2/c1-10-4-2-3-5-11(10)12(16)14-8-13(9-15)6-7-13/h2-5,12,14-16H,6-9H2,1H3. The molecule has 1 aromatic carbocycles. The summed E-state index contributed by atoms with van der Waals surface area (Å²) in [4.78, 5) is 0. The van der Waals surface area contributed by atoms with E-state index in [1.807, 2.05) is 31.2 Å². The van der Waals surface area contributed by atoms with E-state index in [-0.39, 0.29) is 12.0 Å². The van der Waals surface area contributed by atoms with Crippen molar-refractivity contribution in [3.63, 3.8) is 0 Å². The van der Waals surface area contributed by atoms with Crippen LogP contribution in [0.1, 0.15) is 30.2 Å². The number of hydrogen-bond acceptors (Lipinski definition) is 3. The zero-order valence-corrected chi connectivity index (χ0v) is 9.61. The van der Waals surface area contributed by atoms with Crippen LogP contribution in [0.5, 0.6) is 0 Å². The molecule has 1 atom stereocenters. The largest absolute Gasteiger partial charge is 0.396 e. The highest BCUT2D eigenvalue weighted by Crippen LogP contribution is 2.44. The van der Waals surface area contributed by atoms with Crippen molar-refractivity contribution in [1.29, 1.82) is 0 Å². The SMILES string of the molecule is Cc1ccccc1C(O)NCC1(CO)CC1. The van der Waals surface area contributed by atoms with Crippen LogP contribution in [0.3, 0.4) is 0 Å². The van der Waals surface area contributed by atoms with Crippen LogP contribution in [0, 0.1) is 12.3 Å². The summed E-state index contributed by atoms with van der Waals surface area (Å²) in [6, 6.07) is 7.79. The highest BCUT2D eigenvalue weighted by atomic mass is 16.3. The van der Waals surface area contributed by atoms with Crippen LogP contribution >= 0.6 is 0 Å². The molecular weight excluding hydrogens is 202 g/mol. The third-order valence-corrected chi connectivity index (χ3v) is 3.45. The predicted octanol–water partition coefficient (Wildman–Crippen LogP) is 1.35. The number of aliphatic hydroxyl groups is 2. The first-order chi connectivity index (χ1) is 7.67. The highest BCUT2D eigenvalue weighted by Gasteiger charge is 2.41. The van der Waals surface area contributed by atoms with Gasteiger partial charge in [-0.1, -0.05) is 24.3 Å². The molecule has 3 N–H and O–H groups in total. The summed E-state index contributed by atoms with van der Waals surface area (Å²) in [7, 11) is 0. The maximum atomic E-state index is 10.00. The molecule has 0 aliphatic heterocycles. The number of rotatable bonds is 5. The van der Waals surface area contributed by atoms with Crippen molar-refractivity contribution in [2.75, 3.05) is 13.2 Å². The molecule has 1 fully saturated rings. The topological polar surface area (TPSA) is 52.5 Å². The first-order valence-corrected chi connectivity index (χ1v) is 5.75. The molecule has 1 aliphatic rings. The Bertz CT molecular complexity index is 361. The molecule has 0 bridgehead atoms. The van der Waals surface area contributed by atoms with Crippen LogP contribution in [0.4, 0.5) is 0 Å². The van der Waals surface area contributed by atoms with Gasteiger partial charge in [-0.25, -0.2) is 0 Å². The first-order valence-electron chi connectivity index (χ1n) is 5.75. The number of aryl methyl sites for hydroxylation is 1. The third kappa shape index (κ3) is 2.43. The Morgan fingerprint density at radius 1 is 1.38 bits per heavy atom. The van der Waals surface area contributed by atoms with Crippen molar-refractivity contribution in [3.8, 4) is 0 Å². The van der Waals surface area contributed by atoms with E-state index in [4.69, 9.17) is 0 Å². The molecule has 3 heteroatoms. The van der Waals surface area contributed by atoms with Crippen molar-refractivity contribution in [2.45, 2.75) is 26.0 Å². The normalized spacial score (nSPS) is 19.4. The van der Waals surface area contributed by atoms with Crippen LogP contribution < -0.4 is 5.32 Å². The van der Waals surface area contributed by atoms with Gasteiger partial charge < -0.3 is 10.2 Å². The molecular formula is C13H19NO2. The molecule has 3 nitrogen and oxygen atoms in total. The summed E-state index contributed by atoms with van der Waals surface area (Å²) in [6.45, 7) is 2.87. The lowest BCUT2D eigenvalue weighted by Crippen LogP contribution is -2.30. The number of benzene rings is 1. The minimum absolute atomic E-state index is 0.0314. The Kier molecular flexibility index (Phi) is 3.28. The minimum atomic E-state index is -0.634. The van der Waals surface area contributed by atoms with Gasteiger partial charge in [0.15, 0.2) is 0 Å². The van der Waals surface area contributed by atoms with Gasteiger partial charge in [-0.15, -0.1) is 0 Å². The van der Waals surface area contributed by atoms with Gasteiger partial charge in [0.05, 0.1) is 0 Å². The Hall–Kier alpha value is -0.900. The van der Waals surface area contributed by atoms with Crippen LogP contribution in [0.2, 0.25) is 0 Å². The molecule has 16 heavy (non-hydrogen) atoms. The summed E-state index contributed by atoms with van der Waals surface area (Å²) in [6.07, 6.45) is 1.47. The smallest absolute Gasteiger partial charge is 0.131 e.